The van der Waals surface area contributed by atoms with Crippen LogP contribution in [0.4, 0.5) is 11.4 Å². The molecule has 3 aromatic carbocycles. The summed E-state index contributed by atoms with van der Waals surface area (Å²) < 4.78 is 7.03. The van der Waals surface area contributed by atoms with E-state index in [1.54, 1.807) is 37.5 Å². The van der Waals surface area contributed by atoms with Gasteiger partial charge >= 0.3 is 0 Å². The first-order valence-corrected chi connectivity index (χ1v) is 11.0. The van der Waals surface area contributed by atoms with Gasteiger partial charge in [-0.05, 0) is 64.0 Å². The normalized spacial score (nSPS) is 10.7. The van der Waals surface area contributed by atoms with E-state index in [-0.39, 0.29) is 11.8 Å². The first-order chi connectivity index (χ1) is 14.9. The number of methoxy groups -OCH3 is 1. The largest absolute Gasteiger partial charge is 0.495 e. The van der Waals surface area contributed by atoms with Gasteiger partial charge in [-0.15, -0.1) is 0 Å². The third kappa shape index (κ3) is 6.80. The second-order valence-corrected chi connectivity index (χ2v) is 8.39. The fraction of sp³-hybridized carbons (Fsp3) is 0.0833. The van der Waals surface area contributed by atoms with Gasteiger partial charge in [0.2, 0.25) is 11.8 Å². The molecule has 0 bridgehead atoms. The van der Waals surface area contributed by atoms with Crippen LogP contribution >= 0.6 is 31.9 Å². The number of anilines is 2. The molecule has 5 nitrogen and oxygen atoms in total. The molecule has 0 aliphatic carbocycles. The summed E-state index contributed by atoms with van der Waals surface area (Å²) >= 11 is 6.87. The van der Waals surface area contributed by atoms with Gasteiger partial charge in [-0.2, -0.15) is 0 Å². The van der Waals surface area contributed by atoms with E-state index in [0.29, 0.717) is 23.5 Å². The van der Waals surface area contributed by atoms with Gasteiger partial charge in [0.1, 0.15) is 5.75 Å². The number of ether oxygens (including phenoxy) is 1. The van der Waals surface area contributed by atoms with E-state index in [1.165, 1.54) is 6.08 Å². The summed E-state index contributed by atoms with van der Waals surface area (Å²) in [6.07, 6.45) is 3.42. The van der Waals surface area contributed by atoms with Gasteiger partial charge in [0.05, 0.1) is 18.0 Å². The molecule has 7 heteroatoms. The van der Waals surface area contributed by atoms with Gasteiger partial charge in [-0.3, -0.25) is 9.59 Å². The van der Waals surface area contributed by atoms with Gasteiger partial charge in [-0.1, -0.05) is 46.3 Å². The van der Waals surface area contributed by atoms with Crippen molar-refractivity contribution in [2.75, 3.05) is 17.7 Å². The third-order valence-electron chi connectivity index (χ3n) is 4.30. The maximum absolute atomic E-state index is 12.3. The first-order valence-electron chi connectivity index (χ1n) is 9.40. The van der Waals surface area contributed by atoms with Crippen molar-refractivity contribution in [3.05, 3.63) is 92.9 Å². The van der Waals surface area contributed by atoms with E-state index in [2.05, 4.69) is 42.5 Å². The summed E-state index contributed by atoms with van der Waals surface area (Å²) in [6, 6.07) is 20.2. The quantitative estimate of drug-likeness (QED) is 0.356. The molecule has 158 valence electrons. The second kappa shape index (κ2) is 10.9. The van der Waals surface area contributed by atoms with Crippen LogP contribution in [0.15, 0.2) is 81.8 Å². The van der Waals surface area contributed by atoms with E-state index < -0.39 is 0 Å². The summed E-state index contributed by atoms with van der Waals surface area (Å²) in [6.45, 7) is 0. The van der Waals surface area contributed by atoms with E-state index in [4.69, 9.17) is 4.74 Å². The molecule has 0 spiro atoms. The Labute approximate surface area is 197 Å². The molecule has 0 heterocycles. The Hall–Kier alpha value is -2.90. The maximum atomic E-state index is 12.3. The van der Waals surface area contributed by atoms with Crippen LogP contribution < -0.4 is 15.4 Å². The average molecular weight is 544 g/mol. The molecule has 0 unspecified atom stereocenters. The lowest BCUT2D eigenvalue weighted by atomic mass is 10.1. The van der Waals surface area contributed by atoms with E-state index in [9.17, 15) is 9.59 Å². The summed E-state index contributed by atoms with van der Waals surface area (Å²) in [5.74, 6) is 0.266. The molecule has 0 atom stereocenters. The zero-order valence-electron chi connectivity index (χ0n) is 16.7. The molecule has 2 N–H and O–H groups in total. The van der Waals surface area contributed by atoms with Crippen molar-refractivity contribution < 1.29 is 14.3 Å². The van der Waals surface area contributed by atoms with Crippen molar-refractivity contribution in [1.29, 1.82) is 0 Å². The highest BCUT2D eigenvalue weighted by Crippen LogP contribution is 2.33. The molecular weight excluding hydrogens is 524 g/mol. The maximum Gasteiger partial charge on any atom is 0.248 e. The Morgan fingerprint density at radius 3 is 2.23 bits per heavy atom. The Kier molecular flexibility index (Phi) is 8.03. The average Bonchev–Trinajstić information content (AvgIpc) is 2.74. The van der Waals surface area contributed by atoms with Crippen LogP contribution in [0.1, 0.15) is 11.1 Å². The van der Waals surface area contributed by atoms with Crippen LogP contribution in [-0.2, 0) is 16.0 Å². The zero-order valence-corrected chi connectivity index (χ0v) is 19.9. The van der Waals surface area contributed by atoms with Crippen molar-refractivity contribution in [2.45, 2.75) is 6.42 Å². The number of hydrogen-bond donors (Lipinski definition) is 2. The molecule has 0 radical (unpaired) electrons. The van der Waals surface area contributed by atoms with Gasteiger partial charge in [0, 0.05) is 27.5 Å². The fourth-order valence-electron chi connectivity index (χ4n) is 2.89. The van der Waals surface area contributed by atoms with Gasteiger partial charge in [-0.25, -0.2) is 0 Å². The molecule has 0 saturated carbocycles. The Morgan fingerprint density at radius 2 is 1.58 bits per heavy atom. The van der Waals surface area contributed by atoms with Crippen molar-refractivity contribution in [3.8, 4) is 5.75 Å². The van der Waals surface area contributed by atoms with Gasteiger partial charge in [0.15, 0.2) is 0 Å². The lowest BCUT2D eigenvalue weighted by Crippen LogP contribution is -2.14. The zero-order chi connectivity index (χ0) is 22.2. The highest BCUT2D eigenvalue weighted by molar-refractivity contribution is 9.11. The Balaban J connectivity index is 1.58. The minimum atomic E-state index is -0.279. The molecule has 3 aromatic rings. The van der Waals surface area contributed by atoms with Crippen molar-refractivity contribution in [1.82, 2.24) is 0 Å². The lowest BCUT2D eigenvalue weighted by molar-refractivity contribution is -0.115. The number of nitrogens with one attached hydrogen (secondary N) is 2. The van der Waals surface area contributed by atoms with Crippen molar-refractivity contribution in [2.24, 2.45) is 0 Å². The van der Waals surface area contributed by atoms with Gasteiger partial charge < -0.3 is 15.4 Å². The molecule has 0 aliphatic rings. The summed E-state index contributed by atoms with van der Waals surface area (Å²) in [7, 11) is 1.57. The van der Waals surface area contributed by atoms with Crippen LogP contribution in [0.2, 0.25) is 0 Å². The molecular formula is C24H20Br2N2O3. The van der Waals surface area contributed by atoms with Crippen LogP contribution in [0.3, 0.4) is 0 Å². The number of carbonyl (C=O) groups is 2. The molecule has 0 aliphatic heterocycles. The topological polar surface area (TPSA) is 67.4 Å². The Morgan fingerprint density at radius 1 is 0.935 bits per heavy atom. The number of benzene rings is 3. The Bertz CT molecular complexity index is 1100. The van der Waals surface area contributed by atoms with Crippen molar-refractivity contribution in [3.63, 3.8) is 0 Å². The standard InChI is InChI=1S/C24H20Br2N2O3/c1-31-24-17(14-18(25)15-21(24)26)7-12-22(29)27-19-8-10-20(11-9-19)28-23(30)13-16-5-3-2-4-6-16/h2-12,14-15H,13H2,1H3,(H,27,29)(H,28,30)/b12-7+. The SMILES string of the molecule is COc1c(Br)cc(Br)cc1/C=C/C(=O)Nc1ccc(NC(=O)Cc2ccccc2)cc1. The summed E-state index contributed by atoms with van der Waals surface area (Å²) in [5, 5.41) is 5.65. The highest BCUT2D eigenvalue weighted by Gasteiger charge is 2.08. The molecule has 0 fully saturated rings. The minimum absolute atomic E-state index is 0.0972. The van der Waals surface area contributed by atoms with Crippen LogP contribution in [0.5, 0.6) is 5.75 Å². The molecule has 3 rings (SSSR count). The fourth-order valence-corrected chi connectivity index (χ4v) is 4.31. The summed E-state index contributed by atoms with van der Waals surface area (Å²) in [4.78, 5) is 24.4. The highest BCUT2D eigenvalue weighted by atomic mass is 79.9. The monoisotopic (exact) mass is 542 g/mol. The molecule has 31 heavy (non-hydrogen) atoms. The number of amides is 2. The third-order valence-corrected chi connectivity index (χ3v) is 5.35. The predicted molar refractivity (Wildman–Crippen MR) is 131 cm³/mol. The number of rotatable bonds is 7. The van der Waals surface area contributed by atoms with Crippen molar-refractivity contribution >= 4 is 61.1 Å². The van der Waals surface area contributed by atoms with Crippen LogP contribution in [-0.4, -0.2) is 18.9 Å². The number of hydrogen-bond acceptors (Lipinski definition) is 3. The van der Waals surface area contributed by atoms with Gasteiger partial charge in [0.25, 0.3) is 0 Å². The second-order valence-electron chi connectivity index (χ2n) is 6.62. The summed E-state index contributed by atoms with van der Waals surface area (Å²) in [5.41, 5.74) is 3.00. The minimum Gasteiger partial charge on any atom is -0.495 e. The number of carbonyl (C=O) groups excluding carboxylic acids is 2. The molecule has 2 amide bonds. The molecule has 0 aromatic heterocycles. The predicted octanol–water partition coefficient (Wildman–Crippen LogP) is 6.05. The van der Waals surface area contributed by atoms with E-state index in [0.717, 1.165) is 20.1 Å². The van der Waals surface area contributed by atoms with Crippen LogP contribution in [0.25, 0.3) is 6.08 Å². The number of halogens is 2. The van der Waals surface area contributed by atoms with Crippen LogP contribution in [0, 0.1) is 0 Å². The van der Waals surface area contributed by atoms with E-state index >= 15 is 0 Å². The first kappa shape index (κ1) is 22.8. The lowest BCUT2D eigenvalue weighted by Gasteiger charge is -2.09. The smallest absolute Gasteiger partial charge is 0.248 e. The molecule has 0 saturated heterocycles. The van der Waals surface area contributed by atoms with E-state index in [1.807, 2.05) is 42.5 Å².